The first-order valence-corrected chi connectivity index (χ1v) is 3.37. The highest BCUT2D eigenvalue weighted by atomic mass is 16.4. The number of rotatable bonds is 2. The third kappa shape index (κ3) is 2.21. The first-order valence-electron chi connectivity index (χ1n) is 3.37. The van der Waals surface area contributed by atoms with Crippen LogP contribution in [-0.4, -0.2) is 16.2 Å². The van der Waals surface area contributed by atoms with Gasteiger partial charge in [0.25, 0.3) is 0 Å². The second-order valence-corrected chi connectivity index (χ2v) is 2.19. The van der Waals surface area contributed by atoms with E-state index in [0.29, 0.717) is 12.4 Å². The molecule has 5 heteroatoms. The summed E-state index contributed by atoms with van der Waals surface area (Å²) in [6, 6.07) is 3.29. The number of nitrogens with zero attached hydrogens (tertiary/aromatic N) is 1. The van der Waals surface area contributed by atoms with Gasteiger partial charge < -0.3 is 10.8 Å². The van der Waals surface area contributed by atoms with Crippen molar-refractivity contribution in [2.75, 3.05) is 5.32 Å². The Balaban J connectivity index is 2.71. The summed E-state index contributed by atoms with van der Waals surface area (Å²) in [4.78, 5) is 14.0. The van der Waals surface area contributed by atoms with Crippen LogP contribution < -0.4 is 11.1 Å². The highest BCUT2D eigenvalue weighted by Crippen LogP contribution is 2.03. The molecule has 5 nitrogen and oxygen atoms in total. The number of amides is 1. The van der Waals surface area contributed by atoms with E-state index in [1.165, 1.54) is 6.20 Å². The van der Waals surface area contributed by atoms with E-state index < -0.39 is 6.09 Å². The maximum absolute atomic E-state index is 10.1. The summed E-state index contributed by atoms with van der Waals surface area (Å²) in [5.74, 6) is 0.305. The SMILES string of the molecule is NCc1ccc(NC(=O)O)nc1. The van der Waals surface area contributed by atoms with Gasteiger partial charge in [-0.25, -0.2) is 9.78 Å². The second-order valence-electron chi connectivity index (χ2n) is 2.19. The predicted molar refractivity (Wildman–Crippen MR) is 43.8 cm³/mol. The van der Waals surface area contributed by atoms with Crippen LogP contribution in [0.5, 0.6) is 0 Å². The molecule has 0 saturated carbocycles. The van der Waals surface area contributed by atoms with Crippen molar-refractivity contribution in [1.29, 1.82) is 0 Å². The van der Waals surface area contributed by atoms with Crippen molar-refractivity contribution in [2.45, 2.75) is 6.54 Å². The Kier molecular flexibility index (Phi) is 2.60. The van der Waals surface area contributed by atoms with Crippen LogP contribution in [0.15, 0.2) is 18.3 Å². The number of carbonyl (C=O) groups is 1. The number of hydrogen-bond donors (Lipinski definition) is 3. The summed E-state index contributed by atoms with van der Waals surface area (Å²) in [6.07, 6.45) is 0.411. The number of nitrogens with two attached hydrogens (primary N) is 1. The number of aromatic nitrogens is 1. The summed E-state index contributed by atoms with van der Waals surface area (Å²) in [5, 5.41) is 10.4. The van der Waals surface area contributed by atoms with Crippen molar-refractivity contribution in [1.82, 2.24) is 4.98 Å². The Morgan fingerprint density at radius 2 is 2.42 bits per heavy atom. The Bertz CT molecular complexity index is 270. The lowest BCUT2D eigenvalue weighted by Crippen LogP contribution is -2.08. The number of nitrogens with one attached hydrogen (secondary N) is 1. The molecule has 0 bridgehead atoms. The van der Waals surface area contributed by atoms with Crippen molar-refractivity contribution >= 4 is 11.9 Å². The first kappa shape index (κ1) is 8.48. The number of hydrogen-bond acceptors (Lipinski definition) is 3. The van der Waals surface area contributed by atoms with Gasteiger partial charge >= 0.3 is 6.09 Å². The molecule has 1 heterocycles. The van der Waals surface area contributed by atoms with E-state index in [0.717, 1.165) is 5.56 Å². The fourth-order valence-electron chi connectivity index (χ4n) is 0.729. The second kappa shape index (κ2) is 3.68. The van der Waals surface area contributed by atoms with Crippen molar-refractivity contribution < 1.29 is 9.90 Å². The lowest BCUT2D eigenvalue weighted by atomic mass is 10.3. The molecule has 0 atom stereocenters. The van der Waals surface area contributed by atoms with Gasteiger partial charge in [0.05, 0.1) is 0 Å². The average Bonchev–Trinajstić information content (AvgIpc) is 2.05. The highest BCUT2D eigenvalue weighted by molar-refractivity contribution is 5.81. The standard InChI is InChI=1S/C7H9N3O2/c8-3-5-1-2-6(9-4-5)10-7(11)12/h1-2,4H,3,8H2,(H,9,10)(H,11,12). The van der Waals surface area contributed by atoms with E-state index in [9.17, 15) is 4.79 Å². The average molecular weight is 167 g/mol. The maximum atomic E-state index is 10.1. The van der Waals surface area contributed by atoms with Gasteiger partial charge in [-0.1, -0.05) is 6.07 Å². The van der Waals surface area contributed by atoms with Gasteiger partial charge in [0.1, 0.15) is 5.82 Å². The molecular weight excluding hydrogens is 158 g/mol. The summed E-state index contributed by atoms with van der Waals surface area (Å²) >= 11 is 0. The zero-order chi connectivity index (χ0) is 8.97. The molecule has 1 rings (SSSR count). The van der Waals surface area contributed by atoms with Crippen molar-refractivity contribution in [3.63, 3.8) is 0 Å². The van der Waals surface area contributed by atoms with E-state index in [1.54, 1.807) is 12.1 Å². The van der Waals surface area contributed by atoms with Crippen molar-refractivity contribution in [3.8, 4) is 0 Å². The molecule has 4 N–H and O–H groups in total. The smallest absolute Gasteiger partial charge is 0.410 e. The molecule has 0 aliphatic heterocycles. The molecule has 0 aliphatic carbocycles. The normalized spacial score (nSPS) is 9.42. The molecule has 0 saturated heterocycles. The van der Waals surface area contributed by atoms with Gasteiger partial charge in [-0.15, -0.1) is 0 Å². The monoisotopic (exact) mass is 167 g/mol. The van der Waals surface area contributed by atoms with E-state index in [4.69, 9.17) is 10.8 Å². The van der Waals surface area contributed by atoms with Gasteiger partial charge in [0, 0.05) is 12.7 Å². The molecule has 0 spiro atoms. The van der Waals surface area contributed by atoms with Crippen LogP contribution >= 0.6 is 0 Å². The molecule has 1 aromatic rings. The molecular formula is C7H9N3O2. The zero-order valence-corrected chi connectivity index (χ0v) is 6.32. The number of carboxylic acid groups (broad SMARTS) is 1. The zero-order valence-electron chi connectivity index (χ0n) is 6.32. The van der Waals surface area contributed by atoms with E-state index in [-0.39, 0.29) is 0 Å². The van der Waals surface area contributed by atoms with Gasteiger partial charge in [0.15, 0.2) is 0 Å². The quantitative estimate of drug-likeness (QED) is 0.602. The fraction of sp³-hybridized carbons (Fsp3) is 0.143. The third-order valence-corrected chi connectivity index (χ3v) is 1.30. The molecule has 1 amide bonds. The minimum Gasteiger partial charge on any atom is -0.465 e. The minimum atomic E-state index is -1.12. The van der Waals surface area contributed by atoms with Gasteiger partial charge in [-0.3, -0.25) is 5.32 Å². The summed E-state index contributed by atoms with van der Waals surface area (Å²) in [7, 11) is 0. The van der Waals surface area contributed by atoms with Crippen LogP contribution in [0, 0.1) is 0 Å². The molecule has 0 unspecified atom stereocenters. The van der Waals surface area contributed by atoms with Crippen LogP contribution in [0.4, 0.5) is 10.6 Å². The highest BCUT2D eigenvalue weighted by Gasteiger charge is 1.97. The van der Waals surface area contributed by atoms with Gasteiger partial charge in [-0.05, 0) is 11.6 Å². The summed E-state index contributed by atoms with van der Waals surface area (Å²) in [6.45, 7) is 0.403. The summed E-state index contributed by atoms with van der Waals surface area (Å²) in [5.41, 5.74) is 6.19. The summed E-state index contributed by atoms with van der Waals surface area (Å²) < 4.78 is 0. The molecule has 0 fully saturated rings. The third-order valence-electron chi connectivity index (χ3n) is 1.30. The Labute approximate surface area is 69.2 Å². The van der Waals surface area contributed by atoms with Crippen LogP contribution in [0.2, 0.25) is 0 Å². The Morgan fingerprint density at radius 3 is 2.83 bits per heavy atom. The van der Waals surface area contributed by atoms with E-state index in [1.807, 2.05) is 0 Å². The molecule has 0 aliphatic rings. The van der Waals surface area contributed by atoms with Crippen LogP contribution in [0.3, 0.4) is 0 Å². The topological polar surface area (TPSA) is 88.2 Å². The fourth-order valence-corrected chi connectivity index (χ4v) is 0.729. The maximum Gasteiger partial charge on any atom is 0.410 e. The lowest BCUT2D eigenvalue weighted by Gasteiger charge is -1.99. The van der Waals surface area contributed by atoms with Gasteiger partial charge in [0.2, 0.25) is 0 Å². The molecule has 1 aromatic heterocycles. The Morgan fingerprint density at radius 1 is 1.67 bits per heavy atom. The van der Waals surface area contributed by atoms with Crippen LogP contribution in [-0.2, 0) is 6.54 Å². The van der Waals surface area contributed by atoms with Crippen LogP contribution in [0.1, 0.15) is 5.56 Å². The lowest BCUT2D eigenvalue weighted by molar-refractivity contribution is 0.209. The molecule has 0 aromatic carbocycles. The largest absolute Gasteiger partial charge is 0.465 e. The molecule has 12 heavy (non-hydrogen) atoms. The van der Waals surface area contributed by atoms with E-state index in [2.05, 4.69) is 10.3 Å². The van der Waals surface area contributed by atoms with E-state index >= 15 is 0 Å². The first-order chi connectivity index (χ1) is 5.72. The van der Waals surface area contributed by atoms with Crippen molar-refractivity contribution in [3.05, 3.63) is 23.9 Å². The number of anilines is 1. The van der Waals surface area contributed by atoms with Crippen molar-refractivity contribution in [2.24, 2.45) is 5.73 Å². The predicted octanol–water partition coefficient (Wildman–Crippen LogP) is 0.630. The molecule has 64 valence electrons. The Hall–Kier alpha value is -1.62. The minimum absolute atomic E-state index is 0.305. The molecule has 0 radical (unpaired) electrons. The van der Waals surface area contributed by atoms with Crippen LogP contribution in [0.25, 0.3) is 0 Å². The number of pyridine rings is 1. The van der Waals surface area contributed by atoms with Gasteiger partial charge in [-0.2, -0.15) is 0 Å².